The van der Waals surface area contributed by atoms with Gasteiger partial charge in [0, 0.05) is 29.6 Å². The Morgan fingerprint density at radius 3 is 2.57 bits per heavy atom. The van der Waals surface area contributed by atoms with Crippen molar-refractivity contribution >= 4 is 15.9 Å². The van der Waals surface area contributed by atoms with Crippen molar-refractivity contribution in [1.29, 1.82) is 0 Å². The Hall–Kier alpha value is -0.420. The van der Waals surface area contributed by atoms with Crippen molar-refractivity contribution in [2.24, 2.45) is 0 Å². The topological polar surface area (TPSA) is 35.5 Å². The molecule has 1 fully saturated rings. The molecule has 1 aliphatic carbocycles. The third kappa shape index (κ3) is 5.70. The number of hydrogen-bond acceptors (Lipinski definition) is 3. The molecule has 0 bridgehead atoms. The van der Waals surface area contributed by atoms with Crippen molar-refractivity contribution in [1.82, 2.24) is 10.2 Å². The average Bonchev–Trinajstić information content (AvgIpc) is 3.32. The van der Waals surface area contributed by atoms with Crippen molar-refractivity contribution in [2.45, 2.75) is 44.7 Å². The van der Waals surface area contributed by atoms with E-state index in [2.05, 4.69) is 57.3 Å². The third-order valence-corrected chi connectivity index (χ3v) is 4.60. The number of rotatable bonds is 10. The minimum atomic E-state index is 0.266. The minimum Gasteiger partial charge on any atom is -0.395 e. The number of benzene rings is 1. The molecule has 0 amide bonds. The highest BCUT2D eigenvalue weighted by Crippen LogP contribution is 2.28. The number of halogens is 1. The minimum absolute atomic E-state index is 0.266. The molecule has 0 aliphatic heterocycles. The zero-order valence-corrected chi connectivity index (χ0v) is 14.5. The Balaban J connectivity index is 1.93. The second-order valence-corrected chi connectivity index (χ2v) is 6.75. The smallest absolute Gasteiger partial charge is 0.0558 e. The van der Waals surface area contributed by atoms with Gasteiger partial charge < -0.3 is 10.4 Å². The lowest BCUT2D eigenvalue weighted by Crippen LogP contribution is -2.33. The molecule has 1 unspecified atom stereocenters. The average molecular weight is 355 g/mol. The Morgan fingerprint density at radius 1 is 1.29 bits per heavy atom. The molecule has 1 aromatic rings. The summed E-state index contributed by atoms with van der Waals surface area (Å²) < 4.78 is 1.13. The van der Waals surface area contributed by atoms with Crippen molar-refractivity contribution < 1.29 is 5.11 Å². The van der Waals surface area contributed by atoms with Crippen LogP contribution in [0.3, 0.4) is 0 Å². The molecule has 2 rings (SSSR count). The van der Waals surface area contributed by atoms with E-state index in [0.717, 1.165) is 36.9 Å². The van der Waals surface area contributed by atoms with E-state index in [1.165, 1.54) is 18.4 Å². The molecule has 21 heavy (non-hydrogen) atoms. The van der Waals surface area contributed by atoms with Crippen LogP contribution < -0.4 is 5.32 Å². The van der Waals surface area contributed by atoms with Gasteiger partial charge in [-0.2, -0.15) is 0 Å². The molecule has 0 heterocycles. The molecular weight excluding hydrogens is 328 g/mol. The van der Waals surface area contributed by atoms with Gasteiger partial charge >= 0.3 is 0 Å². The summed E-state index contributed by atoms with van der Waals surface area (Å²) in [6.07, 6.45) is 4.84. The maximum Gasteiger partial charge on any atom is 0.0558 e. The lowest BCUT2D eigenvalue weighted by Gasteiger charge is -2.25. The summed E-state index contributed by atoms with van der Waals surface area (Å²) in [6, 6.07) is 9.74. The van der Waals surface area contributed by atoms with Crippen LogP contribution in [0.1, 0.15) is 44.2 Å². The van der Waals surface area contributed by atoms with Crippen molar-refractivity contribution in [2.75, 3.05) is 26.2 Å². The highest BCUT2D eigenvalue weighted by Gasteiger charge is 2.28. The maximum absolute atomic E-state index is 9.21. The highest BCUT2D eigenvalue weighted by molar-refractivity contribution is 9.10. The first kappa shape index (κ1) is 16.9. The quantitative estimate of drug-likeness (QED) is 0.676. The van der Waals surface area contributed by atoms with Crippen LogP contribution in [-0.2, 0) is 0 Å². The van der Waals surface area contributed by atoms with Crippen LogP contribution >= 0.6 is 15.9 Å². The van der Waals surface area contributed by atoms with E-state index < -0.39 is 0 Å². The SMILES string of the molecule is CCCNC(CCN(CCO)C1CC1)c1ccc(Br)cc1. The van der Waals surface area contributed by atoms with E-state index in [1.54, 1.807) is 0 Å². The second kappa shape index (κ2) is 8.89. The molecule has 2 N–H and O–H groups in total. The van der Waals surface area contributed by atoms with Crippen molar-refractivity contribution in [3.63, 3.8) is 0 Å². The fourth-order valence-corrected chi connectivity index (χ4v) is 3.00. The van der Waals surface area contributed by atoms with Gasteiger partial charge in [-0.05, 0) is 49.9 Å². The molecular formula is C17H27BrN2O. The molecule has 1 aliphatic rings. The van der Waals surface area contributed by atoms with E-state index in [1.807, 2.05) is 0 Å². The summed E-state index contributed by atoms with van der Waals surface area (Å²) in [7, 11) is 0. The Labute approximate surface area is 136 Å². The summed E-state index contributed by atoms with van der Waals surface area (Å²) in [5, 5.41) is 12.9. The van der Waals surface area contributed by atoms with Crippen LogP contribution in [-0.4, -0.2) is 42.3 Å². The van der Waals surface area contributed by atoms with Crippen LogP contribution in [0.25, 0.3) is 0 Å². The van der Waals surface area contributed by atoms with E-state index in [-0.39, 0.29) is 6.61 Å². The highest BCUT2D eigenvalue weighted by atomic mass is 79.9. The Bertz CT molecular complexity index is 406. The van der Waals surface area contributed by atoms with Gasteiger partial charge in [-0.1, -0.05) is 35.0 Å². The lowest BCUT2D eigenvalue weighted by atomic mass is 10.0. The van der Waals surface area contributed by atoms with Gasteiger partial charge in [0.15, 0.2) is 0 Å². The normalized spacial score (nSPS) is 16.4. The number of hydrogen-bond donors (Lipinski definition) is 2. The zero-order chi connectivity index (χ0) is 15.1. The summed E-state index contributed by atoms with van der Waals surface area (Å²) in [4.78, 5) is 2.44. The van der Waals surface area contributed by atoms with E-state index in [0.29, 0.717) is 12.1 Å². The second-order valence-electron chi connectivity index (χ2n) is 5.84. The number of nitrogens with one attached hydrogen (secondary N) is 1. The maximum atomic E-state index is 9.21. The molecule has 4 heteroatoms. The molecule has 0 radical (unpaired) electrons. The lowest BCUT2D eigenvalue weighted by molar-refractivity contribution is 0.182. The molecule has 118 valence electrons. The first-order valence-corrected chi connectivity index (χ1v) is 8.87. The molecule has 1 aromatic carbocycles. The van der Waals surface area contributed by atoms with Gasteiger partial charge in [-0.15, -0.1) is 0 Å². The van der Waals surface area contributed by atoms with Gasteiger partial charge in [0.2, 0.25) is 0 Å². The van der Waals surface area contributed by atoms with Gasteiger partial charge in [0.05, 0.1) is 6.61 Å². The first-order chi connectivity index (χ1) is 10.2. The van der Waals surface area contributed by atoms with Crippen LogP contribution in [0.2, 0.25) is 0 Å². The van der Waals surface area contributed by atoms with Crippen LogP contribution in [0.15, 0.2) is 28.7 Å². The first-order valence-electron chi connectivity index (χ1n) is 8.08. The molecule has 0 spiro atoms. The fourth-order valence-electron chi connectivity index (χ4n) is 2.74. The third-order valence-electron chi connectivity index (χ3n) is 4.07. The predicted molar refractivity (Wildman–Crippen MR) is 91.5 cm³/mol. The number of aliphatic hydroxyl groups is 1. The predicted octanol–water partition coefficient (Wildman–Crippen LogP) is 3.34. The largest absolute Gasteiger partial charge is 0.395 e. The van der Waals surface area contributed by atoms with Gasteiger partial charge in [0.25, 0.3) is 0 Å². The summed E-state index contributed by atoms with van der Waals surface area (Å²) in [5.74, 6) is 0. The summed E-state index contributed by atoms with van der Waals surface area (Å²) in [6.45, 7) is 5.38. The molecule has 3 nitrogen and oxygen atoms in total. The van der Waals surface area contributed by atoms with Gasteiger partial charge in [-0.25, -0.2) is 0 Å². The molecule has 0 aromatic heterocycles. The Kier molecular flexibility index (Phi) is 7.17. The zero-order valence-electron chi connectivity index (χ0n) is 12.9. The number of aliphatic hydroxyl groups excluding tert-OH is 1. The van der Waals surface area contributed by atoms with Crippen LogP contribution in [0.4, 0.5) is 0 Å². The van der Waals surface area contributed by atoms with Gasteiger partial charge in [0.1, 0.15) is 0 Å². The molecule has 0 saturated heterocycles. The van der Waals surface area contributed by atoms with E-state index >= 15 is 0 Å². The summed E-state index contributed by atoms with van der Waals surface area (Å²) >= 11 is 3.50. The number of nitrogens with zero attached hydrogens (tertiary/aromatic N) is 1. The van der Waals surface area contributed by atoms with Crippen molar-refractivity contribution in [3.8, 4) is 0 Å². The van der Waals surface area contributed by atoms with Crippen LogP contribution in [0, 0.1) is 0 Å². The van der Waals surface area contributed by atoms with Crippen LogP contribution in [0.5, 0.6) is 0 Å². The molecule has 1 saturated carbocycles. The fraction of sp³-hybridized carbons (Fsp3) is 0.647. The monoisotopic (exact) mass is 354 g/mol. The Morgan fingerprint density at radius 2 is 2.00 bits per heavy atom. The van der Waals surface area contributed by atoms with Crippen molar-refractivity contribution in [3.05, 3.63) is 34.3 Å². The standard InChI is InChI=1S/C17H27BrN2O/c1-2-10-19-17(14-3-5-15(18)6-4-14)9-11-20(12-13-21)16-7-8-16/h3-6,16-17,19,21H,2,7-13H2,1H3. The van der Waals surface area contributed by atoms with E-state index in [9.17, 15) is 5.11 Å². The van der Waals surface area contributed by atoms with E-state index in [4.69, 9.17) is 0 Å². The van der Waals surface area contributed by atoms with Gasteiger partial charge in [-0.3, -0.25) is 4.90 Å². The summed E-state index contributed by atoms with van der Waals surface area (Å²) in [5.41, 5.74) is 1.35. The molecule has 1 atom stereocenters.